The molecule has 5 nitrogen and oxygen atoms in total. The lowest BCUT2D eigenvalue weighted by atomic mass is 10.3. The molecular weight excluding hydrogens is 391 g/mol. The summed E-state index contributed by atoms with van der Waals surface area (Å²) in [5.41, 5.74) is 1.17. The van der Waals surface area contributed by atoms with E-state index in [1.807, 2.05) is 0 Å². The molecule has 1 unspecified atom stereocenters. The van der Waals surface area contributed by atoms with Crippen molar-refractivity contribution >= 4 is 63.8 Å². The van der Waals surface area contributed by atoms with Crippen LogP contribution >= 0.6 is 46.6 Å². The van der Waals surface area contributed by atoms with Gasteiger partial charge in [0.25, 0.3) is 0 Å². The Bertz CT molecular complexity index is 898. The van der Waals surface area contributed by atoms with Gasteiger partial charge in [0.05, 0.1) is 15.3 Å². The van der Waals surface area contributed by atoms with E-state index in [0.29, 0.717) is 31.6 Å². The lowest BCUT2D eigenvalue weighted by Crippen LogP contribution is -2.22. The molecule has 0 saturated heterocycles. The predicted octanol–water partition coefficient (Wildman–Crippen LogP) is 4.81. The van der Waals surface area contributed by atoms with Crippen LogP contribution in [0.15, 0.2) is 41.7 Å². The molecule has 2 aromatic heterocycles. The second-order valence-electron chi connectivity index (χ2n) is 4.94. The highest BCUT2D eigenvalue weighted by molar-refractivity contribution is 8.00. The summed E-state index contributed by atoms with van der Waals surface area (Å²) in [6.45, 7) is 1.78. The van der Waals surface area contributed by atoms with Crippen LogP contribution in [0.25, 0.3) is 5.65 Å². The molecule has 124 valence electrons. The van der Waals surface area contributed by atoms with Crippen molar-refractivity contribution in [3.05, 3.63) is 51.6 Å². The van der Waals surface area contributed by atoms with Crippen LogP contribution in [0.2, 0.25) is 15.1 Å². The molecule has 0 spiro atoms. The van der Waals surface area contributed by atoms with Gasteiger partial charge in [-0.05, 0) is 37.3 Å². The molecular formula is C15H11Cl3N4OS. The maximum absolute atomic E-state index is 12.3. The maximum Gasteiger partial charge on any atom is 0.237 e. The molecule has 0 fully saturated rings. The number of carbonyl (C=O) groups excluding carboxylic acids is 1. The number of nitrogens with zero attached hydrogens (tertiary/aromatic N) is 3. The van der Waals surface area contributed by atoms with E-state index in [1.54, 1.807) is 47.9 Å². The van der Waals surface area contributed by atoms with Crippen molar-refractivity contribution in [3.8, 4) is 0 Å². The van der Waals surface area contributed by atoms with Gasteiger partial charge in [-0.25, -0.2) is 0 Å². The van der Waals surface area contributed by atoms with E-state index in [1.165, 1.54) is 11.8 Å². The predicted molar refractivity (Wildman–Crippen MR) is 98.4 cm³/mol. The van der Waals surface area contributed by atoms with Gasteiger partial charge in [-0.15, -0.1) is 10.2 Å². The molecule has 0 saturated carbocycles. The van der Waals surface area contributed by atoms with Crippen molar-refractivity contribution in [2.24, 2.45) is 0 Å². The highest BCUT2D eigenvalue weighted by atomic mass is 35.5. The van der Waals surface area contributed by atoms with Gasteiger partial charge in [-0.3, -0.25) is 9.20 Å². The normalized spacial score (nSPS) is 12.3. The van der Waals surface area contributed by atoms with Crippen LogP contribution in [-0.4, -0.2) is 25.8 Å². The fourth-order valence-electron chi connectivity index (χ4n) is 1.97. The largest absolute Gasteiger partial charge is 0.325 e. The van der Waals surface area contributed by atoms with E-state index in [0.717, 1.165) is 0 Å². The number of pyridine rings is 1. The molecule has 24 heavy (non-hydrogen) atoms. The van der Waals surface area contributed by atoms with Gasteiger partial charge in [-0.2, -0.15) is 0 Å². The zero-order valence-electron chi connectivity index (χ0n) is 12.3. The zero-order chi connectivity index (χ0) is 17.3. The second kappa shape index (κ2) is 7.19. The first kappa shape index (κ1) is 17.4. The maximum atomic E-state index is 12.3. The van der Waals surface area contributed by atoms with Gasteiger partial charge >= 0.3 is 0 Å². The van der Waals surface area contributed by atoms with Crippen molar-refractivity contribution in [1.82, 2.24) is 14.6 Å². The lowest BCUT2D eigenvalue weighted by Gasteiger charge is -2.11. The molecule has 1 aromatic carbocycles. The molecule has 1 amide bonds. The second-order valence-corrected chi connectivity index (χ2v) is 7.53. The van der Waals surface area contributed by atoms with E-state index < -0.39 is 5.25 Å². The minimum atomic E-state index is -0.397. The van der Waals surface area contributed by atoms with Crippen molar-refractivity contribution in [2.45, 2.75) is 17.3 Å². The Hall–Kier alpha value is -1.47. The summed E-state index contributed by atoms with van der Waals surface area (Å²) in [6.07, 6.45) is 1.66. The van der Waals surface area contributed by atoms with Crippen molar-refractivity contribution < 1.29 is 4.79 Å². The summed E-state index contributed by atoms with van der Waals surface area (Å²) in [6, 6.07) is 8.50. The number of anilines is 1. The third-order valence-corrected chi connectivity index (χ3v) is 4.95. The minimum Gasteiger partial charge on any atom is -0.325 e. The first-order valence-electron chi connectivity index (χ1n) is 6.87. The number of hydrogen-bond acceptors (Lipinski definition) is 4. The highest BCUT2D eigenvalue weighted by Crippen LogP contribution is 2.28. The molecule has 3 rings (SSSR count). The first-order valence-corrected chi connectivity index (χ1v) is 8.88. The standard InChI is InChI=1S/C15H11Cl3N4OS/c1-8(14(23)19-11-4-2-9(16)3-5-11)24-15-21-20-13-12(18)6-10(17)7-22(13)15/h2-8H,1H3,(H,19,23). The number of benzene rings is 1. The number of halogens is 3. The van der Waals surface area contributed by atoms with Crippen molar-refractivity contribution in [1.29, 1.82) is 0 Å². The minimum absolute atomic E-state index is 0.160. The third kappa shape index (κ3) is 3.78. The Balaban J connectivity index is 1.75. The average Bonchev–Trinajstić information content (AvgIpc) is 2.92. The summed E-state index contributed by atoms with van der Waals surface area (Å²) in [5, 5.41) is 12.5. The molecule has 0 aliphatic heterocycles. The van der Waals surface area contributed by atoms with E-state index >= 15 is 0 Å². The summed E-state index contributed by atoms with van der Waals surface area (Å²) in [5.74, 6) is -0.160. The van der Waals surface area contributed by atoms with E-state index in [4.69, 9.17) is 34.8 Å². The van der Waals surface area contributed by atoms with Crippen LogP contribution in [0.5, 0.6) is 0 Å². The van der Waals surface area contributed by atoms with Gasteiger partial charge < -0.3 is 5.32 Å². The van der Waals surface area contributed by atoms with Crippen LogP contribution in [0.4, 0.5) is 5.69 Å². The Morgan fingerprint density at radius 2 is 1.88 bits per heavy atom. The molecule has 0 bridgehead atoms. The van der Waals surface area contributed by atoms with Crippen LogP contribution < -0.4 is 5.32 Å². The lowest BCUT2D eigenvalue weighted by molar-refractivity contribution is -0.115. The Labute approximate surface area is 157 Å². The number of nitrogens with one attached hydrogen (secondary N) is 1. The molecule has 9 heteroatoms. The SMILES string of the molecule is CC(Sc1nnc2c(Cl)cc(Cl)cn12)C(=O)Nc1ccc(Cl)cc1. The summed E-state index contributed by atoms with van der Waals surface area (Å²) < 4.78 is 1.67. The molecule has 0 radical (unpaired) electrons. The fourth-order valence-corrected chi connectivity index (χ4v) is 3.43. The van der Waals surface area contributed by atoms with Gasteiger partial charge in [0.15, 0.2) is 10.8 Å². The summed E-state index contributed by atoms with van der Waals surface area (Å²) in [4.78, 5) is 12.3. The Kier molecular flexibility index (Phi) is 5.20. The Morgan fingerprint density at radius 1 is 1.17 bits per heavy atom. The Morgan fingerprint density at radius 3 is 2.58 bits per heavy atom. The summed E-state index contributed by atoms with van der Waals surface area (Å²) >= 11 is 19.2. The molecule has 1 N–H and O–H groups in total. The van der Waals surface area contributed by atoms with E-state index in [-0.39, 0.29) is 5.91 Å². The summed E-state index contributed by atoms with van der Waals surface area (Å²) in [7, 11) is 0. The molecule has 0 aliphatic carbocycles. The number of rotatable bonds is 4. The van der Waals surface area contributed by atoms with Gasteiger partial charge in [0.2, 0.25) is 5.91 Å². The van der Waals surface area contributed by atoms with Gasteiger partial charge in [0, 0.05) is 16.9 Å². The number of hydrogen-bond donors (Lipinski definition) is 1. The van der Waals surface area contributed by atoms with Crippen molar-refractivity contribution in [3.63, 3.8) is 0 Å². The molecule has 3 aromatic rings. The first-order chi connectivity index (χ1) is 11.4. The van der Waals surface area contributed by atoms with Gasteiger partial charge in [-0.1, -0.05) is 46.6 Å². The fraction of sp³-hybridized carbons (Fsp3) is 0.133. The molecule has 2 heterocycles. The highest BCUT2D eigenvalue weighted by Gasteiger charge is 2.19. The monoisotopic (exact) mass is 400 g/mol. The zero-order valence-corrected chi connectivity index (χ0v) is 15.4. The van der Waals surface area contributed by atoms with Crippen LogP contribution in [-0.2, 0) is 4.79 Å². The topological polar surface area (TPSA) is 59.3 Å². The van der Waals surface area contributed by atoms with Crippen LogP contribution in [0, 0.1) is 0 Å². The number of fused-ring (bicyclic) bond motifs is 1. The number of thioether (sulfide) groups is 1. The average molecular weight is 402 g/mol. The number of aromatic nitrogens is 3. The number of amides is 1. The van der Waals surface area contributed by atoms with Crippen LogP contribution in [0.3, 0.4) is 0 Å². The molecule has 1 atom stereocenters. The number of carbonyl (C=O) groups is 1. The van der Waals surface area contributed by atoms with E-state index in [2.05, 4.69) is 15.5 Å². The quantitative estimate of drug-likeness (QED) is 0.637. The van der Waals surface area contributed by atoms with Gasteiger partial charge in [0.1, 0.15) is 0 Å². The van der Waals surface area contributed by atoms with Crippen LogP contribution in [0.1, 0.15) is 6.92 Å². The molecule has 0 aliphatic rings. The van der Waals surface area contributed by atoms with E-state index in [9.17, 15) is 4.79 Å². The third-order valence-electron chi connectivity index (χ3n) is 3.16. The smallest absolute Gasteiger partial charge is 0.237 e. The van der Waals surface area contributed by atoms with Crippen molar-refractivity contribution in [2.75, 3.05) is 5.32 Å².